The van der Waals surface area contributed by atoms with E-state index < -0.39 is 0 Å². The van der Waals surface area contributed by atoms with Gasteiger partial charge in [-0.25, -0.2) is 0 Å². The molecular weight excluding hydrogens is 344 g/mol. The third kappa shape index (κ3) is 3.53. The number of rotatable bonds is 4. The Bertz CT molecular complexity index is 953. The van der Waals surface area contributed by atoms with Crippen LogP contribution in [0.2, 0.25) is 0 Å². The summed E-state index contributed by atoms with van der Waals surface area (Å²) in [6, 6.07) is 27.6. The molecule has 3 nitrogen and oxygen atoms in total. The second-order valence-electron chi connectivity index (χ2n) is 7.39. The van der Waals surface area contributed by atoms with Gasteiger partial charge >= 0.3 is 0 Å². The zero-order valence-electron chi connectivity index (χ0n) is 16.5. The van der Waals surface area contributed by atoms with Crippen LogP contribution < -0.4 is 9.80 Å². The van der Waals surface area contributed by atoms with Crippen molar-refractivity contribution in [2.75, 3.05) is 16.3 Å². The van der Waals surface area contributed by atoms with Crippen molar-refractivity contribution in [3.8, 4) is 11.1 Å². The molecule has 1 amide bonds. The number of fused-ring (bicyclic) bond motifs is 1. The highest BCUT2D eigenvalue weighted by Gasteiger charge is 2.32. The van der Waals surface area contributed by atoms with Crippen molar-refractivity contribution in [1.29, 1.82) is 0 Å². The van der Waals surface area contributed by atoms with Crippen molar-refractivity contribution in [3.05, 3.63) is 84.4 Å². The number of benzene rings is 3. The second kappa shape index (κ2) is 7.89. The molecule has 3 aromatic carbocycles. The minimum atomic E-state index is 0.111. The van der Waals surface area contributed by atoms with Crippen LogP contribution in [0.5, 0.6) is 0 Å². The summed E-state index contributed by atoms with van der Waals surface area (Å²) in [5, 5.41) is 0. The van der Waals surface area contributed by atoms with E-state index >= 15 is 0 Å². The predicted octanol–water partition coefficient (Wildman–Crippen LogP) is 5.51. The van der Waals surface area contributed by atoms with Gasteiger partial charge in [0, 0.05) is 20.0 Å². The van der Waals surface area contributed by atoms with E-state index in [2.05, 4.69) is 78.6 Å². The first-order chi connectivity index (χ1) is 13.7. The van der Waals surface area contributed by atoms with Gasteiger partial charge in [-0.1, -0.05) is 73.7 Å². The molecule has 1 aliphatic rings. The van der Waals surface area contributed by atoms with Crippen LogP contribution in [0.4, 0.5) is 11.4 Å². The van der Waals surface area contributed by atoms with E-state index in [0.717, 1.165) is 30.9 Å². The molecule has 1 heterocycles. The normalized spacial score (nSPS) is 16.0. The van der Waals surface area contributed by atoms with E-state index in [4.69, 9.17) is 0 Å². The molecule has 1 atom stereocenters. The Morgan fingerprint density at radius 3 is 2.21 bits per heavy atom. The number of nitrogens with zero attached hydrogens (tertiary/aromatic N) is 2. The second-order valence-corrected chi connectivity index (χ2v) is 7.39. The van der Waals surface area contributed by atoms with Crippen LogP contribution in [0.15, 0.2) is 78.9 Å². The molecule has 28 heavy (non-hydrogen) atoms. The molecule has 3 aromatic rings. The van der Waals surface area contributed by atoms with Gasteiger partial charge in [-0.2, -0.15) is 0 Å². The standard InChI is InChI=1S/C25H26N2O/c1-3-23-18-26(17-20-10-6-4-7-11-20)25-16-22(21-12-8-5-9-13-21)14-15-24(25)27(23)19(2)28/h4-16,23H,3,17-18H2,1-2H3. The van der Waals surface area contributed by atoms with Gasteiger partial charge in [-0.05, 0) is 35.2 Å². The molecule has 1 aliphatic heterocycles. The molecule has 0 saturated heterocycles. The van der Waals surface area contributed by atoms with Gasteiger partial charge in [0.15, 0.2) is 0 Å². The first-order valence-corrected chi connectivity index (χ1v) is 9.95. The highest BCUT2D eigenvalue weighted by Crippen LogP contribution is 2.40. The van der Waals surface area contributed by atoms with Crippen molar-refractivity contribution in [2.24, 2.45) is 0 Å². The van der Waals surface area contributed by atoms with E-state index in [0.29, 0.717) is 0 Å². The van der Waals surface area contributed by atoms with Crippen molar-refractivity contribution in [2.45, 2.75) is 32.9 Å². The van der Waals surface area contributed by atoms with Gasteiger partial charge < -0.3 is 9.80 Å². The number of hydrogen-bond acceptors (Lipinski definition) is 2. The zero-order chi connectivity index (χ0) is 19.5. The average Bonchev–Trinajstić information content (AvgIpc) is 2.74. The van der Waals surface area contributed by atoms with Gasteiger partial charge in [-0.15, -0.1) is 0 Å². The van der Waals surface area contributed by atoms with Gasteiger partial charge in [0.25, 0.3) is 0 Å². The molecule has 0 bridgehead atoms. The Morgan fingerprint density at radius 1 is 0.893 bits per heavy atom. The van der Waals surface area contributed by atoms with Gasteiger partial charge in [0.2, 0.25) is 5.91 Å². The maximum absolute atomic E-state index is 12.5. The average molecular weight is 370 g/mol. The SMILES string of the molecule is CCC1CN(Cc2ccccc2)c2cc(-c3ccccc3)ccc2N1C(C)=O. The first-order valence-electron chi connectivity index (χ1n) is 9.95. The van der Waals surface area contributed by atoms with Crippen LogP contribution in [0.25, 0.3) is 11.1 Å². The number of carbonyl (C=O) groups is 1. The molecule has 0 aliphatic carbocycles. The Balaban J connectivity index is 1.80. The lowest BCUT2D eigenvalue weighted by molar-refractivity contribution is -0.117. The summed E-state index contributed by atoms with van der Waals surface area (Å²) < 4.78 is 0. The molecule has 0 saturated carbocycles. The lowest BCUT2D eigenvalue weighted by Crippen LogP contribution is -2.50. The molecule has 1 unspecified atom stereocenters. The summed E-state index contributed by atoms with van der Waals surface area (Å²) in [4.78, 5) is 16.9. The van der Waals surface area contributed by atoms with Crippen LogP contribution in [0.1, 0.15) is 25.8 Å². The largest absolute Gasteiger partial charge is 0.363 e. The zero-order valence-corrected chi connectivity index (χ0v) is 16.5. The summed E-state index contributed by atoms with van der Waals surface area (Å²) in [7, 11) is 0. The molecule has 4 rings (SSSR count). The lowest BCUT2D eigenvalue weighted by atomic mass is 9.99. The van der Waals surface area contributed by atoms with E-state index in [-0.39, 0.29) is 11.9 Å². The molecule has 0 radical (unpaired) electrons. The fourth-order valence-corrected chi connectivity index (χ4v) is 4.11. The minimum absolute atomic E-state index is 0.111. The molecule has 3 heteroatoms. The molecular formula is C25H26N2O. The van der Waals surface area contributed by atoms with Crippen LogP contribution in [-0.4, -0.2) is 18.5 Å². The minimum Gasteiger partial charge on any atom is -0.363 e. The Morgan fingerprint density at radius 2 is 1.57 bits per heavy atom. The first kappa shape index (κ1) is 18.3. The third-order valence-corrected chi connectivity index (χ3v) is 5.51. The Labute approximate surface area is 167 Å². The Hall–Kier alpha value is -3.07. The van der Waals surface area contributed by atoms with E-state index in [1.54, 1.807) is 6.92 Å². The molecule has 0 fully saturated rings. The van der Waals surface area contributed by atoms with Crippen molar-refractivity contribution >= 4 is 17.3 Å². The molecule has 0 aromatic heterocycles. The van der Waals surface area contributed by atoms with E-state index in [9.17, 15) is 4.79 Å². The Kier molecular flexibility index (Phi) is 5.16. The van der Waals surface area contributed by atoms with E-state index in [1.807, 2.05) is 17.0 Å². The number of anilines is 2. The molecule has 142 valence electrons. The summed E-state index contributed by atoms with van der Waals surface area (Å²) in [5.41, 5.74) is 5.80. The van der Waals surface area contributed by atoms with Crippen molar-refractivity contribution in [1.82, 2.24) is 0 Å². The van der Waals surface area contributed by atoms with Crippen molar-refractivity contribution in [3.63, 3.8) is 0 Å². The number of amides is 1. The summed E-state index contributed by atoms with van der Waals surface area (Å²) in [6.45, 7) is 5.51. The topological polar surface area (TPSA) is 23.6 Å². The summed E-state index contributed by atoms with van der Waals surface area (Å²) >= 11 is 0. The number of carbonyl (C=O) groups excluding carboxylic acids is 1. The molecule has 0 N–H and O–H groups in total. The smallest absolute Gasteiger partial charge is 0.224 e. The number of hydrogen-bond donors (Lipinski definition) is 0. The molecule has 0 spiro atoms. The predicted molar refractivity (Wildman–Crippen MR) is 117 cm³/mol. The highest BCUT2D eigenvalue weighted by atomic mass is 16.2. The van der Waals surface area contributed by atoms with Crippen LogP contribution in [0, 0.1) is 0 Å². The highest BCUT2D eigenvalue weighted by molar-refractivity contribution is 5.98. The van der Waals surface area contributed by atoms with Crippen LogP contribution in [-0.2, 0) is 11.3 Å². The fraction of sp³-hybridized carbons (Fsp3) is 0.240. The quantitative estimate of drug-likeness (QED) is 0.605. The van der Waals surface area contributed by atoms with E-state index in [1.165, 1.54) is 16.7 Å². The monoisotopic (exact) mass is 370 g/mol. The maximum atomic E-state index is 12.5. The van der Waals surface area contributed by atoms with Gasteiger partial charge in [0.1, 0.15) is 0 Å². The third-order valence-electron chi connectivity index (χ3n) is 5.51. The summed E-state index contributed by atoms with van der Waals surface area (Å²) in [6.07, 6.45) is 0.935. The van der Waals surface area contributed by atoms with Crippen LogP contribution in [0.3, 0.4) is 0 Å². The van der Waals surface area contributed by atoms with Crippen LogP contribution >= 0.6 is 0 Å². The van der Waals surface area contributed by atoms with Crippen molar-refractivity contribution < 1.29 is 4.79 Å². The van der Waals surface area contributed by atoms with Gasteiger partial charge in [0.05, 0.1) is 17.4 Å². The lowest BCUT2D eigenvalue weighted by Gasteiger charge is -2.43. The summed E-state index contributed by atoms with van der Waals surface area (Å²) in [5.74, 6) is 0.111. The fourth-order valence-electron chi connectivity index (χ4n) is 4.11. The van der Waals surface area contributed by atoms with Gasteiger partial charge in [-0.3, -0.25) is 4.79 Å². The maximum Gasteiger partial charge on any atom is 0.224 e.